The van der Waals surface area contributed by atoms with Crippen molar-refractivity contribution in [2.45, 2.75) is 17.9 Å². The third-order valence-corrected chi connectivity index (χ3v) is 4.32. The molecule has 0 aliphatic carbocycles. The number of carbonyl (C=O) groups is 1. The number of carbonyl (C=O) groups excluding carboxylic acids is 1. The van der Waals surface area contributed by atoms with E-state index in [2.05, 4.69) is 21.2 Å². The third-order valence-electron chi connectivity index (χ3n) is 2.32. The van der Waals surface area contributed by atoms with Gasteiger partial charge in [-0.1, -0.05) is 0 Å². The first kappa shape index (κ1) is 17.4. The standard InChI is InChI=1S/C11H12BrClFNO4S/c1-6(5-19-2)15-11(16)7-3-10(20(13,17)18)9(14)4-8(7)12/h3-4,6H,5H2,1-2H3,(H,15,16). The summed E-state index contributed by atoms with van der Waals surface area (Å²) in [5.74, 6) is -1.60. The van der Waals surface area contributed by atoms with E-state index >= 15 is 0 Å². The lowest BCUT2D eigenvalue weighted by atomic mass is 10.2. The van der Waals surface area contributed by atoms with Crippen LogP contribution in [0.25, 0.3) is 0 Å². The second kappa shape index (κ2) is 6.84. The highest BCUT2D eigenvalue weighted by molar-refractivity contribution is 9.10. The molecule has 0 aliphatic rings. The average molecular weight is 389 g/mol. The molecule has 0 radical (unpaired) electrons. The van der Waals surface area contributed by atoms with Gasteiger partial charge >= 0.3 is 0 Å². The van der Waals surface area contributed by atoms with Crippen molar-refractivity contribution >= 4 is 41.6 Å². The Kier molecular flexibility index (Phi) is 5.93. The van der Waals surface area contributed by atoms with Crippen LogP contribution in [0, 0.1) is 5.82 Å². The van der Waals surface area contributed by atoms with Crippen molar-refractivity contribution in [3.63, 3.8) is 0 Å². The van der Waals surface area contributed by atoms with Crippen LogP contribution in [0.1, 0.15) is 17.3 Å². The van der Waals surface area contributed by atoms with Crippen molar-refractivity contribution in [2.75, 3.05) is 13.7 Å². The molecule has 0 saturated heterocycles. The highest BCUT2D eigenvalue weighted by Crippen LogP contribution is 2.26. The van der Waals surface area contributed by atoms with Crippen LogP contribution in [-0.4, -0.2) is 34.1 Å². The molecule has 9 heteroatoms. The van der Waals surface area contributed by atoms with E-state index in [1.165, 1.54) is 7.11 Å². The molecule has 1 N–H and O–H groups in total. The van der Waals surface area contributed by atoms with Crippen molar-refractivity contribution in [2.24, 2.45) is 0 Å². The molecule has 1 atom stereocenters. The number of hydrogen-bond acceptors (Lipinski definition) is 4. The first-order chi connectivity index (χ1) is 9.16. The number of benzene rings is 1. The van der Waals surface area contributed by atoms with Crippen LogP contribution in [0.2, 0.25) is 0 Å². The Balaban J connectivity index is 3.16. The molecule has 1 rings (SSSR count). The van der Waals surface area contributed by atoms with Crippen molar-refractivity contribution in [3.8, 4) is 0 Å². The summed E-state index contributed by atoms with van der Waals surface area (Å²) >= 11 is 3.01. The Morgan fingerprint density at radius 2 is 2.15 bits per heavy atom. The maximum Gasteiger partial charge on any atom is 0.264 e. The summed E-state index contributed by atoms with van der Waals surface area (Å²) in [7, 11) is 2.32. The lowest BCUT2D eigenvalue weighted by Crippen LogP contribution is -2.35. The second-order valence-electron chi connectivity index (χ2n) is 4.03. The monoisotopic (exact) mass is 387 g/mol. The second-order valence-corrected chi connectivity index (χ2v) is 7.42. The van der Waals surface area contributed by atoms with Gasteiger partial charge in [0.2, 0.25) is 0 Å². The third kappa shape index (κ3) is 4.41. The summed E-state index contributed by atoms with van der Waals surface area (Å²) in [6, 6.07) is 1.47. The lowest BCUT2D eigenvalue weighted by Gasteiger charge is -2.14. The highest BCUT2D eigenvalue weighted by Gasteiger charge is 2.22. The summed E-state index contributed by atoms with van der Waals surface area (Å²) in [6.45, 7) is 1.99. The van der Waals surface area contributed by atoms with Crippen LogP contribution < -0.4 is 5.32 Å². The minimum absolute atomic E-state index is 0.0337. The van der Waals surface area contributed by atoms with Gasteiger partial charge in [-0.25, -0.2) is 12.8 Å². The summed E-state index contributed by atoms with van der Waals surface area (Å²) < 4.78 is 41.0. The van der Waals surface area contributed by atoms with Crippen molar-refractivity contribution in [1.29, 1.82) is 0 Å². The smallest absolute Gasteiger partial charge is 0.264 e. The Labute approximate surface area is 129 Å². The van der Waals surface area contributed by atoms with Gasteiger partial charge in [-0.2, -0.15) is 0 Å². The van der Waals surface area contributed by atoms with Gasteiger partial charge in [-0.15, -0.1) is 0 Å². The molecule has 0 saturated carbocycles. The summed E-state index contributed by atoms with van der Waals surface area (Å²) in [4.78, 5) is 11.2. The van der Waals surface area contributed by atoms with Crippen LogP contribution in [0.5, 0.6) is 0 Å². The maximum absolute atomic E-state index is 13.5. The van der Waals surface area contributed by atoms with Gasteiger partial charge in [0.15, 0.2) is 0 Å². The van der Waals surface area contributed by atoms with Gasteiger partial charge in [0, 0.05) is 28.3 Å². The fraction of sp³-hybridized carbons (Fsp3) is 0.364. The number of methoxy groups -OCH3 is 1. The van der Waals surface area contributed by atoms with Gasteiger partial charge in [0.25, 0.3) is 15.0 Å². The molecule has 0 fully saturated rings. The SMILES string of the molecule is COCC(C)NC(=O)c1cc(S(=O)(=O)Cl)c(F)cc1Br. The molecule has 20 heavy (non-hydrogen) atoms. The van der Waals surface area contributed by atoms with Crippen molar-refractivity contribution in [3.05, 3.63) is 28.0 Å². The normalized spacial score (nSPS) is 13.1. The van der Waals surface area contributed by atoms with Gasteiger partial charge in [-0.05, 0) is 35.0 Å². The molecule has 0 aliphatic heterocycles. The fourth-order valence-corrected chi connectivity index (χ4v) is 2.88. The first-order valence-electron chi connectivity index (χ1n) is 5.40. The molecule has 1 unspecified atom stereocenters. The van der Waals surface area contributed by atoms with E-state index < -0.39 is 25.7 Å². The predicted octanol–water partition coefficient (Wildman–Crippen LogP) is 2.28. The number of rotatable bonds is 5. The quantitative estimate of drug-likeness (QED) is 0.786. The van der Waals surface area contributed by atoms with Crippen molar-refractivity contribution < 1.29 is 22.3 Å². The Hall–Kier alpha value is -0.700. The van der Waals surface area contributed by atoms with Gasteiger partial charge < -0.3 is 10.1 Å². The van der Waals surface area contributed by atoms with E-state index in [1.54, 1.807) is 6.92 Å². The average Bonchev–Trinajstić information content (AvgIpc) is 2.26. The zero-order chi connectivity index (χ0) is 15.5. The van der Waals surface area contributed by atoms with E-state index in [9.17, 15) is 17.6 Å². The van der Waals surface area contributed by atoms with Gasteiger partial charge in [0.1, 0.15) is 10.7 Å². The largest absolute Gasteiger partial charge is 0.383 e. The van der Waals surface area contributed by atoms with E-state index in [4.69, 9.17) is 15.4 Å². The number of halogens is 3. The molecule has 112 valence electrons. The summed E-state index contributed by atoms with van der Waals surface area (Å²) in [5, 5.41) is 2.58. The Morgan fingerprint density at radius 1 is 1.55 bits per heavy atom. The Bertz CT molecular complexity index is 623. The minimum Gasteiger partial charge on any atom is -0.383 e. The number of hydrogen-bond donors (Lipinski definition) is 1. The molecule has 0 aromatic heterocycles. The van der Waals surface area contributed by atoms with E-state index in [0.29, 0.717) is 0 Å². The Morgan fingerprint density at radius 3 is 2.65 bits per heavy atom. The molecule has 1 aromatic carbocycles. The number of amides is 1. The molecule has 1 aromatic rings. The lowest BCUT2D eigenvalue weighted by molar-refractivity contribution is 0.0904. The molecule has 0 bridgehead atoms. The van der Waals surface area contributed by atoms with Crippen molar-refractivity contribution in [1.82, 2.24) is 5.32 Å². The maximum atomic E-state index is 13.5. The minimum atomic E-state index is -4.27. The topological polar surface area (TPSA) is 72.5 Å². The van der Waals surface area contributed by atoms with Gasteiger partial charge in [0.05, 0.1) is 12.2 Å². The first-order valence-corrected chi connectivity index (χ1v) is 8.50. The fourth-order valence-electron chi connectivity index (χ4n) is 1.48. The zero-order valence-electron chi connectivity index (χ0n) is 10.6. The molecule has 1 amide bonds. The summed E-state index contributed by atoms with van der Waals surface area (Å²) in [6.07, 6.45) is 0. The van der Waals surface area contributed by atoms with E-state index in [0.717, 1.165) is 12.1 Å². The number of nitrogens with one attached hydrogen (secondary N) is 1. The van der Waals surface area contributed by atoms with Crippen LogP contribution in [0.15, 0.2) is 21.5 Å². The van der Waals surface area contributed by atoms with Gasteiger partial charge in [-0.3, -0.25) is 4.79 Å². The summed E-state index contributed by atoms with van der Waals surface area (Å²) in [5.41, 5.74) is -0.0337. The van der Waals surface area contributed by atoms with E-state index in [-0.39, 0.29) is 22.7 Å². The molecule has 0 spiro atoms. The predicted molar refractivity (Wildman–Crippen MR) is 75.9 cm³/mol. The van der Waals surface area contributed by atoms with Crippen LogP contribution >= 0.6 is 26.6 Å². The molecular formula is C11H12BrClFNO4S. The zero-order valence-corrected chi connectivity index (χ0v) is 13.8. The van der Waals surface area contributed by atoms with Crippen LogP contribution in [0.4, 0.5) is 4.39 Å². The molecular weight excluding hydrogens is 377 g/mol. The number of ether oxygens (including phenoxy) is 1. The molecule has 0 heterocycles. The van der Waals surface area contributed by atoms with Crippen LogP contribution in [-0.2, 0) is 13.8 Å². The highest BCUT2D eigenvalue weighted by atomic mass is 79.9. The van der Waals surface area contributed by atoms with Crippen LogP contribution in [0.3, 0.4) is 0 Å². The van der Waals surface area contributed by atoms with E-state index in [1.807, 2.05) is 0 Å². The molecule has 5 nitrogen and oxygen atoms in total.